The normalized spacial score (nSPS) is 19.9. The molecule has 0 aromatic carbocycles. The fourth-order valence-corrected chi connectivity index (χ4v) is 2.09. The molecule has 1 heterocycles. The summed E-state index contributed by atoms with van der Waals surface area (Å²) < 4.78 is 40.1. The van der Waals surface area contributed by atoms with Crippen LogP contribution in [0, 0.1) is 0 Å². The number of aromatic amines is 1. The van der Waals surface area contributed by atoms with Gasteiger partial charge in [0.15, 0.2) is 0 Å². The zero-order valence-electron chi connectivity index (χ0n) is 9.89. The summed E-state index contributed by atoms with van der Waals surface area (Å²) in [6.45, 7) is -1.21. The molecule has 1 aliphatic carbocycles. The summed E-state index contributed by atoms with van der Waals surface area (Å²) in [6, 6.07) is -0.0603. The highest BCUT2D eigenvalue weighted by Crippen LogP contribution is 2.25. The van der Waals surface area contributed by atoms with Crippen molar-refractivity contribution in [2.75, 3.05) is 13.2 Å². The summed E-state index contributed by atoms with van der Waals surface area (Å²) in [5.41, 5.74) is 7.78. The summed E-state index contributed by atoms with van der Waals surface area (Å²) in [5.74, 6) is 0.652. The van der Waals surface area contributed by atoms with Crippen LogP contribution >= 0.6 is 0 Å². The molecule has 1 unspecified atom stereocenters. The molecule has 2 rings (SSSR count). The van der Waals surface area contributed by atoms with E-state index in [4.69, 9.17) is 5.73 Å². The third-order valence-corrected chi connectivity index (χ3v) is 2.90. The SMILES string of the molecule is NC1CCCc2[nH]c(CCOCC(F)(F)F)nc21. The fourth-order valence-electron chi connectivity index (χ4n) is 2.09. The van der Waals surface area contributed by atoms with Crippen molar-refractivity contribution in [1.29, 1.82) is 0 Å². The maximum atomic E-state index is 11.9. The summed E-state index contributed by atoms with van der Waals surface area (Å²) in [4.78, 5) is 7.43. The Hall–Kier alpha value is -1.08. The lowest BCUT2D eigenvalue weighted by molar-refractivity contribution is -0.173. The topological polar surface area (TPSA) is 63.9 Å². The van der Waals surface area contributed by atoms with Gasteiger partial charge in [0.25, 0.3) is 0 Å². The summed E-state index contributed by atoms with van der Waals surface area (Å²) in [5, 5.41) is 0. The van der Waals surface area contributed by atoms with Crippen LogP contribution in [0.5, 0.6) is 0 Å². The predicted molar refractivity (Wildman–Crippen MR) is 59.0 cm³/mol. The predicted octanol–water partition coefficient (Wildman–Crippen LogP) is 1.87. The number of rotatable bonds is 4. The number of nitrogens with one attached hydrogen (secondary N) is 1. The molecule has 0 saturated carbocycles. The van der Waals surface area contributed by atoms with Crippen molar-refractivity contribution < 1.29 is 17.9 Å². The molecule has 18 heavy (non-hydrogen) atoms. The first-order valence-electron chi connectivity index (χ1n) is 5.93. The van der Waals surface area contributed by atoms with Gasteiger partial charge >= 0.3 is 6.18 Å². The molecule has 0 amide bonds. The van der Waals surface area contributed by atoms with Gasteiger partial charge in [-0.25, -0.2) is 4.98 Å². The lowest BCUT2D eigenvalue weighted by Gasteiger charge is -2.15. The van der Waals surface area contributed by atoms with Crippen molar-refractivity contribution in [3.8, 4) is 0 Å². The Morgan fingerprint density at radius 2 is 2.22 bits per heavy atom. The van der Waals surface area contributed by atoms with Crippen LogP contribution in [0.4, 0.5) is 13.2 Å². The van der Waals surface area contributed by atoms with E-state index in [0.717, 1.165) is 30.7 Å². The molecule has 3 N–H and O–H groups in total. The highest BCUT2D eigenvalue weighted by atomic mass is 19.4. The second-order valence-electron chi connectivity index (χ2n) is 4.46. The Bertz CT molecular complexity index is 403. The Morgan fingerprint density at radius 3 is 2.89 bits per heavy atom. The molecular weight excluding hydrogens is 247 g/mol. The lowest BCUT2D eigenvalue weighted by Crippen LogP contribution is -2.18. The Balaban J connectivity index is 1.84. The van der Waals surface area contributed by atoms with Gasteiger partial charge in [-0.2, -0.15) is 13.2 Å². The Labute approximate surface area is 103 Å². The highest BCUT2D eigenvalue weighted by Gasteiger charge is 2.27. The van der Waals surface area contributed by atoms with Crippen LogP contribution in [0.1, 0.15) is 36.1 Å². The van der Waals surface area contributed by atoms with Crippen molar-refractivity contribution in [3.63, 3.8) is 0 Å². The fraction of sp³-hybridized carbons (Fsp3) is 0.727. The highest BCUT2D eigenvalue weighted by molar-refractivity contribution is 5.21. The van der Waals surface area contributed by atoms with Crippen molar-refractivity contribution >= 4 is 0 Å². The average molecular weight is 263 g/mol. The molecule has 1 atom stereocenters. The molecule has 0 aliphatic heterocycles. The largest absolute Gasteiger partial charge is 0.411 e. The zero-order valence-corrected chi connectivity index (χ0v) is 9.89. The van der Waals surface area contributed by atoms with Crippen molar-refractivity contribution in [1.82, 2.24) is 9.97 Å². The van der Waals surface area contributed by atoms with Gasteiger partial charge in [0.2, 0.25) is 0 Å². The van der Waals surface area contributed by atoms with Gasteiger partial charge in [0.05, 0.1) is 12.3 Å². The van der Waals surface area contributed by atoms with Crippen LogP contribution in [-0.2, 0) is 17.6 Å². The first-order valence-corrected chi connectivity index (χ1v) is 5.93. The van der Waals surface area contributed by atoms with Crippen molar-refractivity contribution in [2.45, 2.75) is 37.9 Å². The molecule has 1 aromatic heterocycles. The van der Waals surface area contributed by atoms with Gasteiger partial charge in [0, 0.05) is 18.2 Å². The van der Waals surface area contributed by atoms with E-state index in [-0.39, 0.29) is 12.6 Å². The maximum absolute atomic E-state index is 11.9. The number of alkyl halides is 3. The molecule has 0 saturated heterocycles. The van der Waals surface area contributed by atoms with Crippen molar-refractivity contribution in [2.24, 2.45) is 5.73 Å². The van der Waals surface area contributed by atoms with E-state index >= 15 is 0 Å². The number of hydrogen-bond donors (Lipinski definition) is 2. The summed E-state index contributed by atoms with van der Waals surface area (Å²) in [6.07, 6.45) is -1.11. The monoisotopic (exact) mass is 263 g/mol. The lowest BCUT2D eigenvalue weighted by atomic mass is 9.97. The van der Waals surface area contributed by atoms with Crippen LogP contribution in [-0.4, -0.2) is 29.4 Å². The van der Waals surface area contributed by atoms with Gasteiger partial charge in [-0.1, -0.05) is 0 Å². The molecule has 7 heteroatoms. The maximum Gasteiger partial charge on any atom is 0.411 e. The number of aromatic nitrogens is 2. The van der Waals surface area contributed by atoms with E-state index < -0.39 is 12.8 Å². The molecule has 1 aromatic rings. The Morgan fingerprint density at radius 1 is 1.44 bits per heavy atom. The number of nitrogens with two attached hydrogens (primary N) is 1. The van der Waals surface area contributed by atoms with Crippen molar-refractivity contribution in [3.05, 3.63) is 17.2 Å². The van der Waals surface area contributed by atoms with E-state index in [1.54, 1.807) is 0 Å². The van der Waals surface area contributed by atoms with Gasteiger partial charge in [-0.3, -0.25) is 0 Å². The van der Waals surface area contributed by atoms with Crippen LogP contribution < -0.4 is 5.73 Å². The number of H-pyrrole nitrogens is 1. The second-order valence-corrected chi connectivity index (χ2v) is 4.46. The third kappa shape index (κ3) is 3.46. The number of imidazole rings is 1. The smallest absolute Gasteiger partial charge is 0.372 e. The molecule has 0 spiro atoms. The standard InChI is InChI=1S/C11H16F3N3O/c12-11(13,14)6-18-5-4-9-16-8-3-1-2-7(15)10(8)17-9/h7H,1-6,15H2,(H,16,17). The number of aryl methyl sites for hydroxylation is 1. The van der Waals surface area contributed by atoms with Crippen LogP contribution in [0.15, 0.2) is 0 Å². The third-order valence-electron chi connectivity index (χ3n) is 2.90. The minimum absolute atomic E-state index is 0.00113. The number of hydrogen-bond acceptors (Lipinski definition) is 3. The average Bonchev–Trinajstić information content (AvgIpc) is 2.68. The summed E-state index contributed by atoms with van der Waals surface area (Å²) >= 11 is 0. The van der Waals surface area contributed by atoms with Crippen LogP contribution in [0.25, 0.3) is 0 Å². The number of fused-ring (bicyclic) bond motifs is 1. The number of nitrogens with zero attached hydrogens (tertiary/aromatic N) is 1. The number of ether oxygens (including phenoxy) is 1. The minimum Gasteiger partial charge on any atom is -0.372 e. The van der Waals surface area contributed by atoms with E-state index in [1.165, 1.54) is 0 Å². The molecule has 0 bridgehead atoms. The van der Waals surface area contributed by atoms with E-state index in [2.05, 4.69) is 14.7 Å². The molecule has 1 aliphatic rings. The quantitative estimate of drug-likeness (QED) is 0.815. The van der Waals surface area contributed by atoms with Gasteiger partial charge in [-0.05, 0) is 19.3 Å². The summed E-state index contributed by atoms with van der Waals surface area (Å²) in [7, 11) is 0. The van der Waals surface area contributed by atoms with Gasteiger partial charge in [-0.15, -0.1) is 0 Å². The Kier molecular flexibility index (Phi) is 3.91. The minimum atomic E-state index is -4.27. The number of halogens is 3. The second kappa shape index (κ2) is 5.27. The van der Waals surface area contributed by atoms with Gasteiger partial charge in [0.1, 0.15) is 12.4 Å². The molecule has 0 radical (unpaired) electrons. The van der Waals surface area contributed by atoms with Crippen LogP contribution in [0.2, 0.25) is 0 Å². The van der Waals surface area contributed by atoms with Gasteiger partial charge < -0.3 is 15.5 Å². The molecule has 4 nitrogen and oxygen atoms in total. The molecular formula is C11H16F3N3O. The molecule has 0 fully saturated rings. The first kappa shape index (κ1) is 13.4. The van der Waals surface area contributed by atoms with E-state index in [1.807, 2.05) is 0 Å². The first-order chi connectivity index (χ1) is 8.46. The van der Waals surface area contributed by atoms with E-state index in [0.29, 0.717) is 12.2 Å². The van der Waals surface area contributed by atoms with Crippen LogP contribution in [0.3, 0.4) is 0 Å². The molecule has 102 valence electrons. The zero-order chi connectivity index (χ0) is 13.2. The van der Waals surface area contributed by atoms with E-state index in [9.17, 15) is 13.2 Å².